The van der Waals surface area contributed by atoms with E-state index in [2.05, 4.69) is 6.92 Å². The first-order chi connectivity index (χ1) is 16.6. The fourth-order valence-corrected chi connectivity index (χ4v) is 4.90. The van der Waals surface area contributed by atoms with Gasteiger partial charge in [0.2, 0.25) is 0 Å². The molecule has 6 nitrogen and oxygen atoms in total. The molecular formula is C28H42N2O4. The molecule has 0 saturated carbocycles. The van der Waals surface area contributed by atoms with Gasteiger partial charge in [-0.15, -0.1) is 0 Å². The number of hydrogen-bond donors (Lipinski definition) is 0. The van der Waals surface area contributed by atoms with Gasteiger partial charge in [0, 0.05) is 21.8 Å². The van der Waals surface area contributed by atoms with Gasteiger partial charge in [-0.2, -0.15) is 0 Å². The summed E-state index contributed by atoms with van der Waals surface area (Å²) in [4.78, 5) is 22.8. The molecule has 0 aliphatic carbocycles. The van der Waals surface area contributed by atoms with Crippen molar-refractivity contribution in [3.63, 3.8) is 0 Å². The maximum absolute atomic E-state index is 11.9. The fourth-order valence-electron chi connectivity index (χ4n) is 4.90. The molecule has 0 aliphatic rings. The van der Waals surface area contributed by atoms with Crippen LogP contribution in [-0.2, 0) is 0 Å². The van der Waals surface area contributed by atoms with Crippen LogP contribution >= 0.6 is 0 Å². The third-order valence-electron chi connectivity index (χ3n) is 6.86. The average molecular weight is 471 g/mol. The standard InChI is InChI=1S/C28H42N2O4/c1-2-3-4-5-6-7-8-9-10-11-12-13-14-15-23-27(29(31)32)28(30(33)34)26-22-18-20-24-19-16-17-21-25(24)26/h16-22,27-28H,2-15,23H2,1H3. The Kier molecular flexibility index (Phi) is 13.2. The normalized spacial score (nSPS) is 13.1. The van der Waals surface area contributed by atoms with Crippen molar-refractivity contribution >= 4 is 10.8 Å². The van der Waals surface area contributed by atoms with Crippen LogP contribution in [0.2, 0.25) is 0 Å². The summed E-state index contributed by atoms with van der Waals surface area (Å²) < 4.78 is 0. The van der Waals surface area contributed by atoms with Gasteiger partial charge in [-0.1, -0.05) is 133 Å². The van der Waals surface area contributed by atoms with Gasteiger partial charge in [-0.3, -0.25) is 20.2 Å². The second-order valence-electron chi connectivity index (χ2n) is 9.54. The number of nitrogens with zero attached hydrogens (tertiary/aromatic N) is 2. The van der Waals surface area contributed by atoms with E-state index < -0.39 is 21.9 Å². The molecule has 0 aliphatic heterocycles. The molecule has 6 heteroatoms. The molecule has 0 amide bonds. The minimum Gasteiger partial charge on any atom is -0.264 e. The van der Waals surface area contributed by atoms with Gasteiger partial charge >= 0.3 is 6.04 Å². The van der Waals surface area contributed by atoms with E-state index in [-0.39, 0.29) is 6.42 Å². The maximum atomic E-state index is 11.9. The molecule has 0 aromatic heterocycles. The molecule has 2 unspecified atom stereocenters. The minimum absolute atomic E-state index is 0.236. The van der Waals surface area contributed by atoms with E-state index in [0.29, 0.717) is 12.0 Å². The van der Waals surface area contributed by atoms with Crippen LogP contribution < -0.4 is 0 Å². The van der Waals surface area contributed by atoms with Crippen LogP contribution in [0.1, 0.15) is 115 Å². The van der Waals surface area contributed by atoms with Crippen molar-refractivity contribution in [3.05, 3.63) is 68.3 Å². The van der Waals surface area contributed by atoms with Gasteiger partial charge in [0.15, 0.2) is 0 Å². The van der Waals surface area contributed by atoms with Crippen LogP contribution in [0.5, 0.6) is 0 Å². The molecule has 0 N–H and O–H groups in total. The highest BCUT2D eigenvalue weighted by atomic mass is 16.6. The van der Waals surface area contributed by atoms with Crippen LogP contribution in [0.25, 0.3) is 10.8 Å². The Hall–Kier alpha value is -2.50. The first-order valence-corrected chi connectivity index (χ1v) is 13.3. The molecule has 0 radical (unpaired) electrons. The molecule has 0 fully saturated rings. The zero-order valence-corrected chi connectivity index (χ0v) is 20.8. The van der Waals surface area contributed by atoms with Crippen molar-refractivity contribution in [3.8, 4) is 0 Å². The smallest absolute Gasteiger partial charge is 0.264 e. The van der Waals surface area contributed by atoms with E-state index in [1.807, 2.05) is 30.3 Å². The lowest BCUT2D eigenvalue weighted by molar-refractivity contribution is -0.623. The van der Waals surface area contributed by atoms with Crippen LogP contribution in [0.4, 0.5) is 0 Å². The second kappa shape index (κ2) is 16.2. The van der Waals surface area contributed by atoms with Gasteiger partial charge in [-0.25, -0.2) is 0 Å². The average Bonchev–Trinajstić information content (AvgIpc) is 2.83. The number of rotatable bonds is 19. The molecule has 34 heavy (non-hydrogen) atoms. The summed E-state index contributed by atoms with van der Waals surface area (Å²) in [6.45, 7) is 2.25. The second-order valence-corrected chi connectivity index (χ2v) is 9.54. The number of hydrogen-bond acceptors (Lipinski definition) is 4. The third kappa shape index (κ3) is 9.40. The molecule has 0 bridgehead atoms. The monoisotopic (exact) mass is 470 g/mol. The number of benzene rings is 2. The largest absolute Gasteiger partial charge is 0.304 e. The van der Waals surface area contributed by atoms with Gasteiger partial charge in [-0.05, 0) is 17.2 Å². The molecule has 2 aromatic carbocycles. The van der Waals surface area contributed by atoms with Gasteiger partial charge < -0.3 is 0 Å². The Bertz CT molecular complexity index is 865. The first-order valence-electron chi connectivity index (χ1n) is 13.3. The summed E-state index contributed by atoms with van der Waals surface area (Å²) in [5.41, 5.74) is 0.440. The lowest BCUT2D eigenvalue weighted by Crippen LogP contribution is -2.32. The highest BCUT2D eigenvalue weighted by molar-refractivity contribution is 5.86. The summed E-state index contributed by atoms with van der Waals surface area (Å²) in [7, 11) is 0. The molecule has 0 spiro atoms. The summed E-state index contributed by atoms with van der Waals surface area (Å²) in [5, 5.41) is 25.3. The molecule has 188 valence electrons. The fraction of sp³-hybridized carbons (Fsp3) is 0.643. The van der Waals surface area contributed by atoms with E-state index in [4.69, 9.17) is 0 Å². The van der Waals surface area contributed by atoms with Gasteiger partial charge in [0.05, 0.1) is 0 Å². The lowest BCUT2D eigenvalue weighted by Gasteiger charge is -2.16. The predicted octanol–water partition coefficient (Wildman–Crippen LogP) is 8.67. The molecule has 0 heterocycles. The zero-order valence-electron chi connectivity index (χ0n) is 20.8. The third-order valence-corrected chi connectivity index (χ3v) is 6.86. The molecule has 0 saturated heterocycles. The van der Waals surface area contributed by atoms with Crippen molar-refractivity contribution in [2.24, 2.45) is 0 Å². The quantitative estimate of drug-likeness (QED) is 0.117. The molecular weight excluding hydrogens is 428 g/mol. The van der Waals surface area contributed by atoms with E-state index in [9.17, 15) is 20.2 Å². The van der Waals surface area contributed by atoms with Gasteiger partial charge in [0.25, 0.3) is 6.04 Å². The Balaban J connectivity index is 1.72. The van der Waals surface area contributed by atoms with Crippen molar-refractivity contribution in [1.29, 1.82) is 0 Å². The van der Waals surface area contributed by atoms with E-state index >= 15 is 0 Å². The minimum atomic E-state index is -1.33. The Morgan fingerprint density at radius 2 is 1.15 bits per heavy atom. The first kappa shape index (κ1) is 27.7. The molecule has 2 atom stereocenters. The summed E-state index contributed by atoms with van der Waals surface area (Å²) in [5.74, 6) is 0. The number of fused-ring (bicyclic) bond motifs is 1. The van der Waals surface area contributed by atoms with Crippen LogP contribution in [-0.4, -0.2) is 15.9 Å². The molecule has 2 aromatic rings. The SMILES string of the molecule is CCCCCCCCCCCCCCCCC(C(c1cccc2ccccc12)[N+](=O)[O-])[N+](=O)[O-]. The highest BCUT2D eigenvalue weighted by Gasteiger charge is 2.42. The summed E-state index contributed by atoms with van der Waals surface area (Å²) in [6.07, 6.45) is 17.2. The zero-order chi connectivity index (χ0) is 24.6. The van der Waals surface area contributed by atoms with Crippen LogP contribution in [0.3, 0.4) is 0 Å². The highest BCUT2D eigenvalue weighted by Crippen LogP contribution is 2.31. The van der Waals surface area contributed by atoms with Crippen LogP contribution in [0.15, 0.2) is 42.5 Å². The van der Waals surface area contributed by atoms with Crippen molar-refractivity contribution < 1.29 is 9.85 Å². The van der Waals surface area contributed by atoms with Gasteiger partial charge in [0.1, 0.15) is 0 Å². The van der Waals surface area contributed by atoms with E-state index in [0.717, 1.165) is 30.0 Å². The Labute approximate surface area is 204 Å². The van der Waals surface area contributed by atoms with Crippen LogP contribution in [0, 0.1) is 20.2 Å². The van der Waals surface area contributed by atoms with Crippen molar-refractivity contribution in [1.82, 2.24) is 0 Å². The Morgan fingerprint density at radius 1 is 0.647 bits per heavy atom. The van der Waals surface area contributed by atoms with Crippen molar-refractivity contribution in [2.75, 3.05) is 0 Å². The van der Waals surface area contributed by atoms with Crippen molar-refractivity contribution in [2.45, 2.75) is 115 Å². The topological polar surface area (TPSA) is 86.3 Å². The summed E-state index contributed by atoms with van der Waals surface area (Å²) >= 11 is 0. The Morgan fingerprint density at radius 3 is 1.68 bits per heavy atom. The lowest BCUT2D eigenvalue weighted by atomic mass is 9.91. The van der Waals surface area contributed by atoms with E-state index in [1.54, 1.807) is 12.1 Å². The number of unbranched alkanes of at least 4 members (excludes halogenated alkanes) is 13. The maximum Gasteiger partial charge on any atom is 0.304 e. The summed E-state index contributed by atoms with van der Waals surface area (Å²) in [6, 6.07) is 10.1. The number of nitro groups is 2. The van der Waals surface area contributed by atoms with E-state index in [1.165, 1.54) is 64.2 Å². The molecule has 2 rings (SSSR count). The predicted molar refractivity (Wildman–Crippen MR) is 139 cm³/mol.